The Morgan fingerprint density at radius 3 is 2.42 bits per heavy atom. The second-order valence-corrected chi connectivity index (χ2v) is 3.64. The number of ether oxygens (including phenoxy) is 1. The van der Waals surface area contributed by atoms with Gasteiger partial charge in [0, 0.05) is 10.5 Å². The van der Waals surface area contributed by atoms with Crippen LogP contribution in [0.15, 0.2) is 17.0 Å². The maximum absolute atomic E-state index is 5.25. The first-order chi connectivity index (χ1) is 5.69. The van der Waals surface area contributed by atoms with Crippen molar-refractivity contribution in [1.82, 2.24) is 0 Å². The highest BCUT2D eigenvalue weighted by atomic mass is 32.2. The van der Waals surface area contributed by atoms with Gasteiger partial charge in [-0.05, 0) is 37.8 Å². The van der Waals surface area contributed by atoms with E-state index in [4.69, 9.17) is 4.74 Å². The Kier molecular flexibility index (Phi) is 3.04. The van der Waals surface area contributed by atoms with Gasteiger partial charge in [-0.15, -0.1) is 11.8 Å². The Hall–Kier alpha value is -0.630. The topological polar surface area (TPSA) is 9.23 Å². The van der Waals surface area contributed by atoms with Crippen LogP contribution >= 0.6 is 11.8 Å². The SMILES string of the molecule is COc1cc(C)cc(SC)c1C. The maximum atomic E-state index is 5.25. The van der Waals surface area contributed by atoms with Gasteiger partial charge in [0.1, 0.15) is 5.75 Å². The molecule has 12 heavy (non-hydrogen) atoms. The fourth-order valence-corrected chi connectivity index (χ4v) is 1.93. The largest absolute Gasteiger partial charge is 0.496 e. The van der Waals surface area contributed by atoms with Gasteiger partial charge < -0.3 is 4.74 Å². The minimum absolute atomic E-state index is 0.986. The van der Waals surface area contributed by atoms with Crippen LogP contribution in [0, 0.1) is 13.8 Å². The summed E-state index contributed by atoms with van der Waals surface area (Å²) in [7, 11) is 1.71. The second-order valence-electron chi connectivity index (χ2n) is 2.79. The van der Waals surface area contributed by atoms with Gasteiger partial charge in [0.05, 0.1) is 7.11 Å². The summed E-state index contributed by atoms with van der Waals surface area (Å²) in [5.41, 5.74) is 2.48. The summed E-state index contributed by atoms with van der Waals surface area (Å²) >= 11 is 1.76. The van der Waals surface area contributed by atoms with E-state index in [1.54, 1.807) is 18.9 Å². The Balaban J connectivity index is 3.22. The molecular formula is C10H14OS. The van der Waals surface area contributed by atoms with E-state index in [2.05, 4.69) is 32.2 Å². The van der Waals surface area contributed by atoms with Gasteiger partial charge in [-0.3, -0.25) is 0 Å². The zero-order chi connectivity index (χ0) is 9.14. The number of methoxy groups -OCH3 is 1. The standard InChI is InChI=1S/C10H14OS/c1-7-5-9(11-3)8(2)10(6-7)12-4/h5-6H,1-4H3. The number of rotatable bonds is 2. The molecule has 0 saturated heterocycles. The molecular weight excluding hydrogens is 168 g/mol. The summed E-state index contributed by atoms with van der Waals surface area (Å²) < 4.78 is 5.25. The predicted octanol–water partition coefficient (Wildman–Crippen LogP) is 3.03. The summed E-state index contributed by atoms with van der Waals surface area (Å²) in [5.74, 6) is 0.986. The fourth-order valence-electron chi connectivity index (χ4n) is 1.22. The number of hydrogen-bond donors (Lipinski definition) is 0. The quantitative estimate of drug-likeness (QED) is 0.650. The van der Waals surface area contributed by atoms with Crippen LogP contribution in [-0.4, -0.2) is 13.4 Å². The molecule has 0 heterocycles. The summed E-state index contributed by atoms with van der Waals surface area (Å²) in [5, 5.41) is 0. The molecule has 0 aliphatic heterocycles. The normalized spacial score (nSPS) is 10.0. The van der Waals surface area contributed by atoms with E-state index < -0.39 is 0 Å². The first-order valence-electron chi connectivity index (χ1n) is 3.88. The van der Waals surface area contributed by atoms with Crippen LogP contribution < -0.4 is 4.74 Å². The molecule has 66 valence electrons. The molecule has 0 aliphatic rings. The first kappa shape index (κ1) is 9.46. The predicted molar refractivity (Wildman–Crippen MR) is 54.2 cm³/mol. The lowest BCUT2D eigenvalue weighted by molar-refractivity contribution is 0.410. The lowest BCUT2D eigenvalue weighted by Crippen LogP contribution is -1.90. The van der Waals surface area contributed by atoms with Crippen molar-refractivity contribution < 1.29 is 4.74 Å². The average Bonchev–Trinajstić information content (AvgIpc) is 2.08. The van der Waals surface area contributed by atoms with E-state index in [1.165, 1.54) is 16.0 Å². The van der Waals surface area contributed by atoms with Crippen LogP contribution in [0.25, 0.3) is 0 Å². The van der Waals surface area contributed by atoms with Crippen molar-refractivity contribution in [3.63, 3.8) is 0 Å². The lowest BCUT2D eigenvalue weighted by atomic mass is 10.1. The zero-order valence-corrected chi connectivity index (χ0v) is 8.79. The van der Waals surface area contributed by atoms with Crippen LogP contribution in [0.4, 0.5) is 0 Å². The molecule has 0 amide bonds. The van der Waals surface area contributed by atoms with Crippen LogP contribution in [0.1, 0.15) is 11.1 Å². The van der Waals surface area contributed by atoms with Gasteiger partial charge in [-0.1, -0.05) is 0 Å². The third kappa shape index (κ3) is 1.75. The summed E-state index contributed by atoms with van der Waals surface area (Å²) in [4.78, 5) is 1.30. The fraction of sp³-hybridized carbons (Fsp3) is 0.400. The maximum Gasteiger partial charge on any atom is 0.123 e. The third-order valence-electron chi connectivity index (χ3n) is 1.90. The molecule has 0 aliphatic carbocycles. The number of benzene rings is 1. The lowest BCUT2D eigenvalue weighted by Gasteiger charge is -2.09. The van der Waals surface area contributed by atoms with Crippen LogP contribution in [0.5, 0.6) is 5.75 Å². The second kappa shape index (κ2) is 3.85. The molecule has 2 heteroatoms. The molecule has 1 rings (SSSR count). The highest BCUT2D eigenvalue weighted by Crippen LogP contribution is 2.29. The smallest absolute Gasteiger partial charge is 0.123 e. The third-order valence-corrected chi connectivity index (χ3v) is 2.76. The number of aryl methyl sites for hydroxylation is 1. The van der Waals surface area contributed by atoms with Gasteiger partial charge in [0.2, 0.25) is 0 Å². The minimum Gasteiger partial charge on any atom is -0.496 e. The van der Waals surface area contributed by atoms with E-state index in [-0.39, 0.29) is 0 Å². The molecule has 0 bridgehead atoms. The Morgan fingerprint density at radius 1 is 1.25 bits per heavy atom. The van der Waals surface area contributed by atoms with Gasteiger partial charge >= 0.3 is 0 Å². The van der Waals surface area contributed by atoms with Gasteiger partial charge in [0.25, 0.3) is 0 Å². The molecule has 0 atom stereocenters. The van der Waals surface area contributed by atoms with Crippen molar-refractivity contribution in [3.8, 4) is 5.75 Å². The van der Waals surface area contributed by atoms with Gasteiger partial charge in [0.15, 0.2) is 0 Å². The molecule has 1 nitrogen and oxygen atoms in total. The minimum atomic E-state index is 0.986. The van der Waals surface area contributed by atoms with E-state index in [1.807, 2.05) is 0 Å². The Labute approximate surface area is 78.1 Å². The van der Waals surface area contributed by atoms with Crippen molar-refractivity contribution in [2.24, 2.45) is 0 Å². The van der Waals surface area contributed by atoms with Crippen LogP contribution in [0.3, 0.4) is 0 Å². The van der Waals surface area contributed by atoms with Crippen molar-refractivity contribution >= 4 is 11.8 Å². The van der Waals surface area contributed by atoms with Crippen LogP contribution in [-0.2, 0) is 0 Å². The average molecular weight is 182 g/mol. The number of hydrogen-bond acceptors (Lipinski definition) is 2. The highest BCUT2D eigenvalue weighted by Gasteiger charge is 2.04. The van der Waals surface area contributed by atoms with Gasteiger partial charge in [-0.25, -0.2) is 0 Å². The number of thioether (sulfide) groups is 1. The van der Waals surface area contributed by atoms with Gasteiger partial charge in [-0.2, -0.15) is 0 Å². The summed E-state index contributed by atoms with van der Waals surface area (Å²) in [6.45, 7) is 4.17. The molecule has 0 radical (unpaired) electrons. The summed E-state index contributed by atoms with van der Waals surface area (Å²) in [6.07, 6.45) is 2.08. The summed E-state index contributed by atoms with van der Waals surface area (Å²) in [6, 6.07) is 4.25. The molecule has 0 aromatic heterocycles. The molecule has 1 aromatic carbocycles. The molecule has 0 saturated carbocycles. The molecule has 0 unspecified atom stereocenters. The van der Waals surface area contributed by atoms with Crippen molar-refractivity contribution in [2.75, 3.05) is 13.4 Å². The molecule has 0 fully saturated rings. The van der Waals surface area contributed by atoms with E-state index in [0.29, 0.717) is 0 Å². The van der Waals surface area contributed by atoms with E-state index in [9.17, 15) is 0 Å². The molecule has 1 aromatic rings. The monoisotopic (exact) mass is 182 g/mol. The van der Waals surface area contributed by atoms with Crippen LogP contribution in [0.2, 0.25) is 0 Å². The zero-order valence-electron chi connectivity index (χ0n) is 7.97. The van der Waals surface area contributed by atoms with E-state index >= 15 is 0 Å². The molecule has 0 N–H and O–H groups in total. The molecule has 0 spiro atoms. The van der Waals surface area contributed by atoms with E-state index in [0.717, 1.165) is 5.75 Å². The Morgan fingerprint density at radius 2 is 1.92 bits per heavy atom. The highest BCUT2D eigenvalue weighted by molar-refractivity contribution is 7.98. The van der Waals surface area contributed by atoms with Crippen molar-refractivity contribution in [1.29, 1.82) is 0 Å². The first-order valence-corrected chi connectivity index (χ1v) is 5.10. The van der Waals surface area contributed by atoms with Crippen molar-refractivity contribution in [3.05, 3.63) is 23.3 Å². The Bertz CT molecular complexity index is 256. The van der Waals surface area contributed by atoms with Crippen molar-refractivity contribution in [2.45, 2.75) is 18.7 Å².